The van der Waals surface area contributed by atoms with Crippen molar-refractivity contribution in [1.29, 1.82) is 0 Å². The van der Waals surface area contributed by atoms with E-state index in [0.717, 1.165) is 17.0 Å². The molecule has 0 aliphatic rings. The van der Waals surface area contributed by atoms with Crippen molar-refractivity contribution in [2.24, 2.45) is 0 Å². The van der Waals surface area contributed by atoms with Crippen LogP contribution >= 0.6 is 34.5 Å². The number of hydrogen-bond acceptors (Lipinski definition) is 3. The number of halogens is 2. The number of ketones is 1. The van der Waals surface area contributed by atoms with E-state index in [1.807, 2.05) is 0 Å². The first kappa shape index (κ1) is 13.3. The third kappa shape index (κ3) is 2.66. The summed E-state index contributed by atoms with van der Waals surface area (Å²) < 4.78 is 1.43. The number of Topliss-reactive ketones (excluding diaryl/α,β-unsaturated/α-hetero) is 1. The van der Waals surface area contributed by atoms with Gasteiger partial charge in [0.25, 0.3) is 0 Å². The van der Waals surface area contributed by atoms with Crippen LogP contribution in [0.5, 0.6) is 0 Å². The molecule has 0 atom stereocenters. The summed E-state index contributed by atoms with van der Waals surface area (Å²) in [5.74, 6) is -0.208. The van der Waals surface area contributed by atoms with Crippen LogP contribution in [0.25, 0.3) is 0 Å². The highest BCUT2D eigenvalue weighted by Gasteiger charge is 2.13. The molecule has 0 aliphatic carbocycles. The third-order valence-corrected chi connectivity index (χ3v) is 3.94. The lowest BCUT2D eigenvalue weighted by Crippen LogP contribution is -2.20. The van der Waals surface area contributed by atoms with Gasteiger partial charge in [-0.3, -0.25) is 14.2 Å². The quantitative estimate of drug-likeness (QED) is 0.815. The molecule has 1 aromatic carbocycles. The summed E-state index contributed by atoms with van der Waals surface area (Å²) in [6, 6.07) is 4.68. The Hall–Kier alpha value is -1.10. The predicted molar refractivity (Wildman–Crippen MR) is 74.1 cm³/mol. The average molecular weight is 302 g/mol. The molecule has 0 N–H and O–H groups in total. The van der Waals surface area contributed by atoms with Gasteiger partial charge in [0, 0.05) is 21.7 Å². The molecule has 0 saturated heterocycles. The van der Waals surface area contributed by atoms with Gasteiger partial charge < -0.3 is 0 Å². The van der Waals surface area contributed by atoms with E-state index in [0.29, 0.717) is 15.6 Å². The van der Waals surface area contributed by atoms with Crippen LogP contribution in [0.1, 0.15) is 16.1 Å². The smallest absolute Gasteiger partial charge is 0.296 e. The number of carbonyl (C=O) groups is 1. The number of aryl methyl sites for hydroxylation is 1. The summed E-state index contributed by atoms with van der Waals surface area (Å²) in [6.45, 7) is 1.78. The molecular weight excluding hydrogens is 293 g/mol. The van der Waals surface area contributed by atoms with Crippen LogP contribution in [0.2, 0.25) is 10.0 Å². The molecule has 3 nitrogen and oxygen atoms in total. The lowest BCUT2D eigenvalue weighted by atomic mass is 10.1. The van der Waals surface area contributed by atoms with Crippen molar-refractivity contribution in [3.63, 3.8) is 0 Å². The van der Waals surface area contributed by atoms with Crippen molar-refractivity contribution in [2.45, 2.75) is 13.5 Å². The van der Waals surface area contributed by atoms with E-state index >= 15 is 0 Å². The Morgan fingerprint density at radius 1 is 1.39 bits per heavy atom. The maximum atomic E-state index is 12.1. The molecular formula is C12H9Cl2NO2S. The summed E-state index contributed by atoms with van der Waals surface area (Å²) in [7, 11) is 0. The summed E-state index contributed by atoms with van der Waals surface area (Å²) in [5.41, 5.74) is 1.14. The van der Waals surface area contributed by atoms with Crippen LogP contribution in [0, 0.1) is 6.92 Å². The van der Waals surface area contributed by atoms with Gasteiger partial charge in [0.1, 0.15) is 0 Å². The number of carbonyl (C=O) groups excluding carboxylic acids is 1. The van der Waals surface area contributed by atoms with E-state index in [9.17, 15) is 9.59 Å². The van der Waals surface area contributed by atoms with Crippen molar-refractivity contribution in [3.05, 3.63) is 54.5 Å². The Bertz CT molecular complexity index is 660. The third-order valence-electron chi connectivity index (χ3n) is 2.51. The van der Waals surface area contributed by atoms with Crippen molar-refractivity contribution in [1.82, 2.24) is 4.57 Å². The molecule has 0 spiro atoms. The molecule has 2 rings (SSSR count). The normalized spacial score (nSPS) is 10.6. The van der Waals surface area contributed by atoms with Gasteiger partial charge in [-0.05, 0) is 25.1 Å². The van der Waals surface area contributed by atoms with Crippen LogP contribution in [0.3, 0.4) is 0 Å². The van der Waals surface area contributed by atoms with Crippen molar-refractivity contribution < 1.29 is 4.79 Å². The second-order valence-corrected chi connectivity index (χ2v) is 5.44. The molecule has 1 aromatic heterocycles. The number of thiazole rings is 1. The van der Waals surface area contributed by atoms with Crippen molar-refractivity contribution in [2.75, 3.05) is 0 Å². The molecule has 0 amide bonds. The zero-order chi connectivity index (χ0) is 13.3. The van der Waals surface area contributed by atoms with E-state index in [1.54, 1.807) is 24.4 Å². The molecule has 0 bridgehead atoms. The molecule has 2 aromatic rings. The van der Waals surface area contributed by atoms with Gasteiger partial charge in [0.15, 0.2) is 5.78 Å². The summed E-state index contributed by atoms with van der Waals surface area (Å²) >= 11 is 12.8. The second kappa shape index (κ2) is 5.26. The molecule has 0 saturated carbocycles. The Morgan fingerprint density at radius 3 is 2.67 bits per heavy atom. The Kier molecular flexibility index (Phi) is 3.90. The summed E-state index contributed by atoms with van der Waals surface area (Å²) in [6.07, 6.45) is 0. The monoisotopic (exact) mass is 301 g/mol. The van der Waals surface area contributed by atoms with Gasteiger partial charge in [-0.1, -0.05) is 34.5 Å². The Morgan fingerprint density at radius 2 is 2.11 bits per heavy atom. The Labute approximate surface area is 118 Å². The molecule has 0 aliphatic heterocycles. The lowest BCUT2D eigenvalue weighted by molar-refractivity contribution is 0.0971. The van der Waals surface area contributed by atoms with Gasteiger partial charge in [0.2, 0.25) is 0 Å². The largest absolute Gasteiger partial charge is 0.307 e. The predicted octanol–water partition coefficient (Wildman–Crippen LogP) is 3.41. The van der Waals surface area contributed by atoms with E-state index in [-0.39, 0.29) is 17.2 Å². The molecule has 0 unspecified atom stereocenters. The van der Waals surface area contributed by atoms with Gasteiger partial charge >= 0.3 is 4.87 Å². The standard InChI is InChI=1S/C12H9Cl2NO2S/c1-7-6-18-12(17)15(7)5-11(16)9-3-2-8(13)4-10(9)14/h2-4,6H,5H2,1H3. The van der Waals surface area contributed by atoms with E-state index in [2.05, 4.69) is 0 Å². The van der Waals surface area contributed by atoms with Crippen LogP contribution in [0.15, 0.2) is 28.4 Å². The number of hydrogen-bond donors (Lipinski definition) is 0. The highest BCUT2D eigenvalue weighted by molar-refractivity contribution is 7.07. The first-order valence-electron chi connectivity index (χ1n) is 5.12. The highest BCUT2D eigenvalue weighted by atomic mass is 35.5. The van der Waals surface area contributed by atoms with Crippen LogP contribution < -0.4 is 4.87 Å². The Balaban J connectivity index is 2.30. The maximum absolute atomic E-state index is 12.1. The molecule has 94 valence electrons. The number of aromatic nitrogens is 1. The van der Waals surface area contributed by atoms with Crippen LogP contribution in [-0.4, -0.2) is 10.4 Å². The second-order valence-electron chi connectivity index (χ2n) is 3.78. The van der Waals surface area contributed by atoms with Crippen LogP contribution in [0.4, 0.5) is 0 Å². The minimum atomic E-state index is -0.208. The minimum Gasteiger partial charge on any atom is -0.296 e. The maximum Gasteiger partial charge on any atom is 0.307 e. The number of rotatable bonds is 3. The van der Waals surface area contributed by atoms with Crippen LogP contribution in [-0.2, 0) is 6.54 Å². The van der Waals surface area contributed by atoms with E-state index in [1.165, 1.54) is 10.6 Å². The molecule has 18 heavy (non-hydrogen) atoms. The van der Waals surface area contributed by atoms with Crippen molar-refractivity contribution in [3.8, 4) is 0 Å². The van der Waals surface area contributed by atoms with Gasteiger partial charge in [-0.2, -0.15) is 0 Å². The number of benzene rings is 1. The fraction of sp³-hybridized carbons (Fsp3) is 0.167. The van der Waals surface area contributed by atoms with Gasteiger partial charge in [-0.25, -0.2) is 0 Å². The fourth-order valence-corrected chi connectivity index (χ4v) is 2.79. The van der Waals surface area contributed by atoms with E-state index in [4.69, 9.17) is 23.2 Å². The average Bonchev–Trinajstić information content (AvgIpc) is 2.60. The summed E-state index contributed by atoms with van der Waals surface area (Å²) in [5, 5.41) is 2.49. The van der Waals surface area contributed by atoms with E-state index < -0.39 is 0 Å². The SMILES string of the molecule is Cc1csc(=O)n1CC(=O)c1ccc(Cl)cc1Cl. The molecule has 0 radical (unpaired) electrons. The summed E-state index contributed by atoms with van der Waals surface area (Å²) in [4.78, 5) is 23.4. The zero-order valence-corrected chi connectivity index (χ0v) is 11.8. The highest BCUT2D eigenvalue weighted by Crippen LogP contribution is 2.21. The lowest BCUT2D eigenvalue weighted by Gasteiger charge is -2.06. The van der Waals surface area contributed by atoms with Crippen molar-refractivity contribution >= 4 is 40.3 Å². The topological polar surface area (TPSA) is 39.1 Å². The fourth-order valence-electron chi connectivity index (χ4n) is 1.54. The zero-order valence-electron chi connectivity index (χ0n) is 9.44. The molecule has 1 heterocycles. The minimum absolute atomic E-state index is 0.00445. The van der Waals surface area contributed by atoms with Gasteiger partial charge in [-0.15, -0.1) is 0 Å². The first-order valence-corrected chi connectivity index (χ1v) is 6.76. The van der Waals surface area contributed by atoms with Gasteiger partial charge in [0.05, 0.1) is 11.6 Å². The molecule has 6 heteroatoms. The number of nitrogens with zero attached hydrogens (tertiary/aromatic N) is 1. The first-order chi connectivity index (χ1) is 8.49. The molecule has 0 fully saturated rings.